The average molecular weight is 347 g/mol. The molecule has 0 amide bonds. The van der Waals surface area contributed by atoms with Gasteiger partial charge in [-0.1, -0.05) is 11.6 Å². The molecule has 0 atom stereocenters. The fourth-order valence-electron chi connectivity index (χ4n) is 2.79. The molecule has 0 spiro atoms. The summed E-state index contributed by atoms with van der Waals surface area (Å²) in [4.78, 5) is 0. The molecule has 0 saturated heterocycles. The van der Waals surface area contributed by atoms with Crippen LogP contribution in [0.4, 0.5) is 18.9 Å². The highest BCUT2D eigenvalue weighted by Gasteiger charge is 2.13. The predicted molar refractivity (Wildman–Crippen MR) is 89.8 cm³/mol. The molecule has 0 saturated carbocycles. The quantitative estimate of drug-likeness (QED) is 0.489. The molecule has 2 nitrogen and oxygen atoms in total. The molecule has 1 heterocycles. The topological polar surface area (TPSA) is 17.0 Å². The minimum absolute atomic E-state index is 0.310. The maximum Gasteiger partial charge on any atom is 0.125 e. The molecule has 0 fully saturated rings. The van der Waals surface area contributed by atoms with E-state index in [-0.39, 0.29) is 0 Å². The van der Waals surface area contributed by atoms with Crippen LogP contribution in [0.2, 0.25) is 5.02 Å². The highest BCUT2D eigenvalue weighted by molar-refractivity contribution is 6.33. The predicted octanol–water partition coefficient (Wildman–Crippen LogP) is 5.74. The van der Waals surface area contributed by atoms with Crippen LogP contribution in [-0.2, 0) is 0 Å². The maximum absolute atomic E-state index is 13.7. The van der Waals surface area contributed by atoms with Crippen molar-refractivity contribution in [2.45, 2.75) is 0 Å². The number of hydrogen-bond acceptors (Lipinski definition) is 1. The normalized spacial score (nSPS) is 11.3. The van der Waals surface area contributed by atoms with Crippen molar-refractivity contribution in [1.29, 1.82) is 0 Å². The first-order chi connectivity index (χ1) is 11.5. The second-order valence-corrected chi connectivity index (χ2v) is 5.80. The average Bonchev–Trinajstić information content (AvgIpc) is 2.83. The first-order valence-corrected chi connectivity index (χ1v) is 7.52. The monoisotopic (exact) mass is 346 g/mol. The Balaban J connectivity index is 2.01. The van der Waals surface area contributed by atoms with Crippen LogP contribution < -0.4 is 5.43 Å². The van der Waals surface area contributed by atoms with Crippen LogP contribution in [0.15, 0.2) is 54.6 Å². The Morgan fingerprint density at radius 2 is 1.38 bits per heavy atom. The molecule has 0 aliphatic heterocycles. The summed E-state index contributed by atoms with van der Waals surface area (Å²) in [6.07, 6.45) is 0. The molecule has 4 rings (SSSR count). The lowest BCUT2D eigenvalue weighted by molar-refractivity contribution is 0.627. The molecule has 0 unspecified atom stereocenters. The number of halogens is 4. The summed E-state index contributed by atoms with van der Waals surface area (Å²) >= 11 is 6.10. The van der Waals surface area contributed by atoms with Crippen molar-refractivity contribution in [3.8, 4) is 0 Å². The van der Waals surface area contributed by atoms with Gasteiger partial charge in [0.15, 0.2) is 0 Å². The number of nitrogens with zero attached hydrogens (tertiary/aromatic N) is 1. The van der Waals surface area contributed by atoms with Gasteiger partial charge in [0.25, 0.3) is 0 Å². The van der Waals surface area contributed by atoms with E-state index in [1.165, 1.54) is 42.5 Å². The summed E-state index contributed by atoms with van der Waals surface area (Å²) in [7, 11) is 0. The van der Waals surface area contributed by atoms with E-state index in [1.807, 2.05) is 0 Å². The lowest BCUT2D eigenvalue weighted by atomic mass is 10.1. The van der Waals surface area contributed by atoms with E-state index in [1.54, 1.807) is 16.8 Å². The van der Waals surface area contributed by atoms with Gasteiger partial charge >= 0.3 is 0 Å². The SMILES string of the molecule is Fc1ccc(Cl)c(Nn2c3ccc(F)cc3c3ccc(F)cc32)c1. The van der Waals surface area contributed by atoms with E-state index < -0.39 is 17.5 Å². The zero-order valence-corrected chi connectivity index (χ0v) is 12.9. The smallest absolute Gasteiger partial charge is 0.125 e. The van der Waals surface area contributed by atoms with Crippen LogP contribution >= 0.6 is 11.6 Å². The third kappa shape index (κ3) is 2.37. The van der Waals surface area contributed by atoms with Crippen molar-refractivity contribution in [3.63, 3.8) is 0 Å². The Kier molecular flexibility index (Phi) is 3.39. The van der Waals surface area contributed by atoms with E-state index in [0.29, 0.717) is 32.5 Å². The molecular weight excluding hydrogens is 337 g/mol. The Bertz CT molecular complexity index is 1090. The highest BCUT2D eigenvalue weighted by atomic mass is 35.5. The van der Waals surface area contributed by atoms with Gasteiger partial charge in [-0.05, 0) is 42.5 Å². The van der Waals surface area contributed by atoms with E-state index in [4.69, 9.17) is 11.6 Å². The third-order valence-corrected chi connectivity index (χ3v) is 4.18. The summed E-state index contributed by atoms with van der Waals surface area (Å²) in [5.41, 5.74) is 4.42. The first kappa shape index (κ1) is 14.9. The van der Waals surface area contributed by atoms with Gasteiger partial charge in [0.05, 0.1) is 21.7 Å². The lowest BCUT2D eigenvalue weighted by Crippen LogP contribution is -2.09. The standard InChI is InChI=1S/C18H10ClF3N2/c19-15-5-2-11(21)8-16(15)23-24-17-6-3-10(20)7-14(17)13-4-1-12(22)9-18(13)24/h1-9,23H. The van der Waals surface area contributed by atoms with E-state index in [9.17, 15) is 13.2 Å². The van der Waals surface area contributed by atoms with Crippen molar-refractivity contribution in [3.05, 3.63) is 77.1 Å². The van der Waals surface area contributed by atoms with Crippen LogP contribution in [-0.4, -0.2) is 4.68 Å². The molecule has 1 aromatic heterocycles. The Morgan fingerprint density at radius 3 is 2.21 bits per heavy atom. The molecule has 0 radical (unpaired) electrons. The molecule has 0 aliphatic rings. The number of benzene rings is 3. The van der Waals surface area contributed by atoms with Gasteiger partial charge in [0.1, 0.15) is 17.5 Å². The lowest BCUT2D eigenvalue weighted by Gasteiger charge is -2.12. The van der Waals surface area contributed by atoms with Crippen LogP contribution in [0.1, 0.15) is 0 Å². The Labute approximate surface area is 140 Å². The van der Waals surface area contributed by atoms with E-state index in [2.05, 4.69) is 5.43 Å². The molecular formula is C18H10ClF3N2. The summed E-state index contributed by atoms with van der Waals surface area (Å²) in [5, 5.41) is 1.60. The third-order valence-electron chi connectivity index (χ3n) is 3.85. The van der Waals surface area contributed by atoms with Crippen LogP contribution in [0.5, 0.6) is 0 Å². The van der Waals surface area contributed by atoms with Gasteiger partial charge in [-0.25, -0.2) is 13.2 Å². The van der Waals surface area contributed by atoms with Gasteiger partial charge < -0.3 is 0 Å². The maximum atomic E-state index is 13.7. The molecule has 0 bridgehead atoms. The summed E-state index contributed by atoms with van der Waals surface area (Å²) in [6, 6.07) is 12.4. The largest absolute Gasteiger partial charge is 0.292 e. The van der Waals surface area contributed by atoms with Gasteiger partial charge in [-0.3, -0.25) is 10.1 Å². The second-order valence-electron chi connectivity index (χ2n) is 5.39. The van der Waals surface area contributed by atoms with Crippen LogP contribution in [0.3, 0.4) is 0 Å². The summed E-state index contributed by atoms with van der Waals surface area (Å²) in [6.45, 7) is 0. The molecule has 4 aromatic rings. The fourth-order valence-corrected chi connectivity index (χ4v) is 2.95. The van der Waals surface area contributed by atoms with Crippen molar-refractivity contribution in [2.75, 3.05) is 5.43 Å². The number of fused-ring (bicyclic) bond motifs is 3. The first-order valence-electron chi connectivity index (χ1n) is 7.14. The van der Waals surface area contributed by atoms with Crippen LogP contribution in [0.25, 0.3) is 21.8 Å². The second kappa shape index (κ2) is 5.46. The summed E-state index contributed by atoms with van der Waals surface area (Å²) in [5.74, 6) is -1.28. The molecule has 24 heavy (non-hydrogen) atoms. The zero-order valence-electron chi connectivity index (χ0n) is 12.2. The van der Waals surface area contributed by atoms with Crippen molar-refractivity contribution in [1.82, 2.24) is 4.68 Å². The number of hydrogen-bond donors (Lipinski definition) is 1. The Morgan fingerprint density at radius 1 is 0.708 bits per heavy atom. The number of nitrogens with one attached hydrogen (secondary N) is 1. The molecule has 6 heteroatoms. The minimum Gasteiger partial charge on any atom is -0.292 e. The molecule has 0 aliphatic carbocycles. The van der Waals surface area contributed by atoms with E-state index >= 15 is 0 Å². The molecule has 1 N–H and O–H groups in total. The van der Waals surface area contributed by atoms with Crippen molar-refractivity contribution in [2.24, 2.45) is 0 Å². The van der Waals surface area contributed by atoms with E-state index in [0.717, 1.165) is 0 Å². The summed E-state index contributed by atoms with van der Waals surface area (Å²) < 4.78 is 42.4. The van der Waals surface area contributed by atoms with Crippen molar-refractivity contribution >= 4 is 39.1 Å². The molecule has 120 valence electrons. The van der Waals surface area contributed by atoms with Gasteiger partial charge in [-0.2, -0.15) is 0 Å². The van der Waals surface area contributed by atoms with Gasteiger partial charge in [0, 0.05) is 22.9 Å². The van der Waals surface area contributed by atoms with Crippen LogP contribution in [0, 0.1) is 17.5 Å². The number of anilines is 1. The van der Waals surface area contributed by atoms with Gasteiger partial charge in [-0.15, -0.1) is 0 Å². The number of rotatable bonds is 2. The highest BCUT2D eigenvalue weighted by Crippen LogP contribution is 2.31. The van der Waals surface area contributed by atoms with Gasteiger partial charge in [0.2, 0.25) is 0 Å². The zero-order chi connectivity index (χ0) is 16.8. The fraction of sp³-hybridized carbons (Fsp3) is 0. The van der Waals surface area contributed by atoms with Crippen molar-refractivity contribution < 1.29 is 13.2 Å². The number of aromatic nitrogens is 1. The Hall–Kier alpha value is -2.66. The minimum atomic E-state index is -0.458. The molecule has 3 aromatic carbocycles.